The van der Waals surface area contributed by atoms with E-state index in [9.17, 15) is 0 Å². The Morgan fingerprint density at radius 3 is 2.71 bits per heavy atom. The average molecular weight is 319 g/mol. The molecule has 3 heteroatoms. The minimum absolute atomic E-state index is 0.585. The molecule has 0 saturated heterocycles. The maximum Gasteiger partial charge on any atom is 0.0835 e. The third-order valence-corrected chi connectivity index (χ3v) is 4.67. The molecule has 1 heterocycles. The van der Waals surface area contributed by atoms with Gasteiger partial charge in [-0.3, -0.25) is 4.68 Å². The van der Waals surface area contributed by atoms with E-state index in [4.69, 9.17) is 0 Å². The lowest BCUT2D eigenvalue weighted by molar-refractivity contribution is 0.430. The lowest BCUT2D eigenvalue weighted by atomic mass is 9.89. The van der Waals surface area contributed by atoms with Crippen molar-refractivity contribution in [2.75, 3.05) is 5.32 Å². The minimum Gasteiger partial charge on any atom is -0.354 e. The maximum atomic E-state index is 4.18. The summed E-state index contributed by atoms with van der Waals surface area (Å²) in [6, 6.07) is 8.27. The predicted octanol–water partition coefficient (Wildman–Crippen LogP) is 4.74. The Kier molecular flexibility index (Phi) is 5.05. The second kappa shape index (κ2) is 7.40. The van der Waals surface area contributed by atoms with Crippen LogP contribution in [-0.4, -0.2) is 9.78 Å². The van der Waals surface area contributed by atoms with Crippen molar-refractivity contribution in [3.63, 3.8) is 0 Å². The van der Waals surface area contributed by atoms with Crippen molar-refractivity contribution in [2.45, 2.75) is 39.0 Å². The third-order valence-electron chi connectivity index (χ3n) is 4.67. The first-order valence-corrected chi connectivity index (χ1v) is 8.70. The highest BCUT2D eigenvalue weighted by atomic mass is 15.3. The molecule has 124 valence electrons. The molecule has 1 aromatic carbocycles. The first-order chi connectivity index (χ1) is 11.6. The quantitative estimate of drug-likeness (QED) is 0.828. The Balaban J connectivity index is 1.69. The molecule has 1 fully saturated rings. The van der Waals surface area contributed by atoms with E-state index in [1.54, 1.807) is 6.20 Å². The summed E-state index contributed by atoms with van der Waals surface area (Å²) in [7, 11) is 1.92. The Labute approximate surface area is 144 Å². The Hall–Kier alpha value is -2.47. The summed E-state index contributed by atoms with van der Waals surface area (Å²) in [5.41, 5.74) is 5.16. The van der Waals surface area contributed by atoms with E-state index in [-0.39, 0.29) is 0 Å². The van der Waals surface area contributed by atoms with Crippen molar-refractivity contribution < 1.29 is 0 Å². The van der Waals surface area contributed by atoms with Gasteiger partial charge in [0.05, 0.1) is 11.4 Å². The van der Waals surface area contributed by atoms with Gasteiger partial charge < -0.3 is 5.32 Å². The van der Waals surface area contributed by atoms with E-state index in [1.165, 1.54) is 37.7 Å². The van der Waals surface area contributed by atoms with Crippen LogP contribution in [0.15, 0.2) is 37.0 Å². The van der Waals surface area contributed by atoms with Crippen molar-refractivity contribution in [3.05, 3.63) is 53.9 Å². The second-order valence-electron chi connectivity index (χ2n) is 6.58. The summed E-state index contributed by atoms with van der Waals surface area (Å²) in [6.45, 7) is 6.22. The van der Waals surface area contributed by atoms with Crippen LogP contribution in [0.25, 0.3) is 5.70 Å². The molecule has 0 radical (unpaired) electrons. The van der Waals surface area contributed by atoms with Gasteiger partial charge in [-0.25, -0.2) is 0 Å². The minimum atomic E-state index is 0.585. The van der Waals surface area contributed by atoms with Crippen LogP contribution in [0, 0.1) is 24.7 Å². The van der Waals surface area contributed by atoms with Crippen LogP contribution >= 0.6 is 0 Å². The molecule has 0 atom stereocenters. The molecule has 3 nitrogen and oxygen atoms in total. The van der Waals surface area contributed by atoms with Gasteiger partial charge in [-0.2, -0.15) is 5.10 Å². The van der Waals surface area contributed by atoms with Gasteiger partial charge in [-0.15, -0.1) is 0 Å². The van der Waals surface area contributed by atoms with E-state index in [0.717, 1.165) is 22.6 Å². The smallest absolute Gasteiger partial charge is 0.0835 e. The van der Waals surface area contributed by atoms with Gasteiger partial charge in [0.25, 0.3) is 0 Å². The van der Waals surface area contributed by atoms with Gasteiger partial charge in [-0.1, -0.05) is 37.7 Å². The van der Waals surface area contributed by atoms with Gasteiger partial charge in [0, 0.05) is 30.4 Å². The molecule has 1 aliphatic rings. The Morgan fingerprint density at radius 2 is 2.04 bits per heavy atom. The van der Waals surface area contributed by atoms with Crippen LogP contribution < -0.4 is 5.32 Å². The number of rotatable bonds is 3. The number of hydrogen-bond donors (Lipinski definition) is 1. The highest BCUT2D eigenvalue weighted by molar-refractivity contribution is 5.75. The summed E-state index contributed by atoms with van der Waals surface area (Å²) < 4.78 is 1.81. The lowest BCUT2D eigenvalue weighted by Gasteiger charge is -2.15. The van der Waals surface area contributed by atoms with Gasteiger partial charge in [0.15, 0.2) is 0 Å². The molecule has 2 aromatic rings. The number of anilines is 1. The Morgan fingerprint density at radius 1 is 1.25 bits per heavy atom. The van der Waals surface area contributed by atoms with Gasteiger partial charge in [0.2, 0.25) is 0 Å². The second-order valence-corrected chi connectivity index (χ2v) is 6.58. The molecule has 3 rings (SSSR count). The van der Waals surface area contributed by atoms with E-state index in [0.29, 0.717) is 5.92 Å². The largest absolute Gasteiger partial charge is 0.354 e. The summed E-state index contributed by atoms with van der Waals surface area (Å²) in [5.74, 6) is 7.40. The first kappa shape index (κ1) is 16.4. The lowest BCUT2D eigenvalue weighted by Crippen LogP contribution is -2.05. The van der Waals surface area contributed by atoms with E-state index >= 15 is 0 Å². The molecule has 24 heavy (non-hydrogen) atoms. The van der Waals surface area contributed by atoms with Gasteiger partial charge in [0.1, 0.15) is 0 Å². The zero-order valence-electron chi connectivity index (χ0n) is 14.6. The topological polar surface area (TPSA) is 29.9 Å². The molecular weight excluding hydrogens is 294 g/mol. The van der Waals surface area contributed by atoms with Gasteiger partial charge in [-0.05, 0) is 49.6 Å². The van der Waals surface area contributed by atoms with Crippen LogP contribution in [0.4, 0.5) is 5.69 Å². The van der Waals surface area contributed by atoms with Gasteiger partial charge >= 0.3 is 0 Å². The number of nitrogens with zero attached hydrogens (tertiary/aromatic N) is 2. The summed E-state index contributed by atoms with van der Waals surface area (Å²) >= 11 is 0. The molecule has 1 aliphatic carbocycles. The monoisotopic (exact) mass is 319 g/mol. The standard InChI is InChI=1S/C21H25N3/c1-16-15-19(10-9-18-7-5-4-6-8-18)11-12-20(16)23-17(2)21-13-14-22-24(21)3/h11-15,18,23H,2,4-8H2,1,3H3. The zero-order valence-corrected chi connectivity index (χ0v) is 14.6. The van der Waals surface area contributed by atoms with Crippen LogP contribution in [0.1, 0.15) is 48.9 Å². The van der Waals surface area contributed by atoms with Crippen LogP contribution in [0.5, 0.6) is 0 Å². The van der Waals surface area contributed by atoms with Crippen molar-refractivity contribution in [1.82, 2.24) is 9.78 Å². The van der Waals surface area contributed by atoms with Crippen LogP contribution in [-0.2, 0) is 7.05 Å². The fourth-order valence-electron chi connectivity index (χ4n) is 3.21. The number of hydrogen-bond acceptors (Lipinski definition) is 2. The van der Waals surface area contributed by atoms with Crippen molar-refractivity contribution in [2.24, 2.45) is 13.0 Å². The van der Waals surface area contributed by atoms with E-state index in [2.05, 4.69) is 54.0 Å². The fourth-order valence-corrected chi connectivity index (χ4v) is 3.21. The van der Waals surface area contributed by atoms with E-state index < -0.39 is 0 Å². The van der Waals surface area contributed by atoms with Crippen molar-refractivity contribution in [1.29, 1.82) is 0 Å². The number of aryl methyl sites for hydroxylation is 2. The highest BCUT2D eigenvalue weighted by Crippen LogP contribution is 2.24. The molecule has 1 aromatic heterocycles. The maximum absolute atomic E-state index is 4.18. The molecule has 1 N–H and O–H groups in total. The van der Waals surface area contributed by atoms with Crippen LogP contribution in [0.3, 0.4) is 0 Å². The molecule has 0 amide bonds. The SMILES string of the molecule is C=C(Nc1ccc(C#CC2CCCCC2)cc1C)c1ccnn1C. The normalized spacial score (nSPS) is 14.8. The molecule has 0 aliphatic heterocycles. The average Bonchev–Trinajstić information content (AvgIpc) is 3.02. The number of nitrogens with one attached hydrogen (secondary N) is 1. The highest BCUT2D eigenvalue weighted by Gasteiger charge is 2.10. The molecular formula is C21H25N3. The summed E-state index contributed by atoms with van der Waals surface area (Å²) in [6.07, 6.45) is 8.33. The first-order valence-electron chi connectivity index (χ1n) is 8.70. The molecule has 0 spiro atoms. The van der Waals surface area contributed by atoms with E-state index in [1.807, 2.05) is 17.8 Å². The third kappa shape index (κ3) is 3.89. The van der Waals surface area contributed by atoms with Crippen molar-refractivity contribution >= 4 is 11.4 Å². The fraction of sp³-hybridized carbons (Fsp3) is 0.381. The van der Waals surface area contributed by atoms with Crippen molar-refractivity contribution in [3.8, 4) is 11.8 Å². The molecule has 0 unspecified atom stereocenters. The predicted molar refractivity (Wildman–Crippen MR) is 100 cm³/mol. The Bertz CT molecular complexity index is 783. The summed E-state index contributed by atoms with van der Waals surface area (Å²) in [5, 5.41) is 7.56. The van der Waals surface area contributed by atoms with Crippen LogP contribution in [0.2, 0.25) is 0 Å². The number of benzene rings is 1. The molecule has 1 saturated carbocycles. The molecule has 0 bridgehead atoms. The summed E-state index contributed by atoms with van der Waals surface area (Å²) in [4.78, 5) is 0. The zero-order chi connectivity index (χ0) is 16.9. The number of aromatic nitrogens is 2.